The normalized spacial score (nSPS) is 12.7. The van der Waals surface area contributed by atoms with E-state index < -0.39 is 0 Å². The Morgan fingerprint density at radius 3 is 2.70 bits per heavy atom. The molecule has 1 aromatic heterocycles. The zero-order valence-corrected chi connectivity index (χ0v) is 15.0. The highest BCUT2D eigenvalue weighted by atomic mass is 16.5. The quantitative estimate of drug-likeness (QED) is 0.608. The van der Waals surface area contributed by atoms with E-state index in [9.17, 15) is 4.79 Å². The molecule has 0 saturated heterocycles. The molecule has 0 atom stereocenters. The van der Waals surface area contributed by atoms with Gasteiger partial charge in [0, 0.05) is 24.6 Å². The van der Waals surface area contributed by atoms with Gasteiger partial charge in [-0.1, -0.05) is 36.4 Å². The number of carbonyl (C=O) groups excluding carboxylic acids is 1. The van der Waals surface area contributed by atoms with Crippen LogP contribution in [0.4, 0.5) is 11.4 Å². The molecule has 2 aromatic carbocycles. The first kappa shape index (κ1) is 16.9. The molecule has 0 fully saturated rings. The van der Waals surface area contributed by atoms with Crippen molar-refractivity contribution in [3.8, 4) is 17.0 Å². The third-order valence-electron chi connectivity index (χ3n) is 4.45. The summed E-state index contributed by atoms with van der Waals surface area (Å²) in [6, 6.07) is 19.4. The Kier molecular flexibility index (Phi) is 4.61. The summed E-state index contributed by atoms with van der Waals surface area (Å²) in [5, 5.41) is 2.89. The third-order valence-corrected chi connectivity index (χ3v) is 4.45. The molecule has 1 aliphatic rings. The van der Waals surface area contributed by atoms with Gasteiger partial charge in [-0.15, -0.1) is 0 Å². The van der Waals surface area contributed by atoms with Gasteiger partial charge in [0.1, 0.15) is 5.75 Å². The molecule has 0 bridgehead atoms. The predicted octanol–water partition coefficient (Wildman–Crippen LogP) is 3.48. The fourth-order valence-electron chi connectivity index (χ4n) is 3.11. The van der Waals surface area contributed by atoms with Crippen LogP contribution in [0.15, 0.2) is 60.7 Å². The molecular weight excluding hydrogens is 340 g/mol. The van der Waals surface area contributed by atoms with E-state index in [1.807, 2.05) is 60.7 Å². The molecule has 0 aliphatic carbocycles. The second kappa shape index (κ2) is 7.37. The molecule has 0 saturated carbocycles. The van der Waals surface area contributed by atoms with Crippen LogP contribution in [0.3, 0.4) is 0 Å². The molecule has 3 aromatic rings. The molecule has 1 amide bonds. The topological polar surface area (TPSA) is 75.3 Å². The number of carbonyl (C=O) groups is 1. The number of anilines is 2. The molecule has 6 nitrogen and oxygen atoms in total. The number of pyridine rings is 1. The lowest BCUT2D eigenvalue weighted by Gasteiger charge is -2.21. The van der Waals surface area contributed by atoms with Crippen molar-refractivity contribution >= 4 is 17.3 Å². The van der Waals surface area contributed by atoms with Crippen LogP contribution in [0.1, 0.15) is 16.1 Å². The number of ether oxygens (including phenoxy) is 1. The van der Waals surface area contributed by atoms with Crippen LogP contribution in [0.25, 0.3) is 11.3 Å². The fraction of sp³-hybridized carbons (Fsp3) is 0.143. The molecule has 2 heterocycles. The second-order valence-corrected chi connectivity index (χ2v) is 6.23. The monoisotopic (exact) mass is 360 g/mol. The van der Waals surface area contributed by atoms with Crippen molar-refractivity contribution < 1.29 is 9.53 Å². The number of hydrazine groups is 1. The minimum absolute atomic E-state index is 0.113. The lowest BCUT2D eigenvalue weighted by molar-refractivity contribution is 0.0946. The number of benzene rings is 2. The molecule has 27 heavy (non-hydrogen) atoms. The van der Waals surface area contributed by atoms with Crippen LogP contribution < -0.4 is 20.9 Å². The Labute approximate surface area is 157 Å². The number of hydrogen-bond donors (Lipinski definition) is 3. The zero-order valence-electron chi connectivity index (χ0n) is 15.0. The number of nitrogens with one attached hydrogen (secondary N) is 3. The average molecular weight is 360 g/mol. The van der Waals surface area contributed by atoms with Crippen molar-refractivity contribution in [3.05, 3.63) is 71.9 Å². The van der Waals surface area contributed by atoms with Crippen molar-refractivity contribution in [2.45, 2.75) is 6.42 Å². The van der Waals surface area contributed by atoms with Gasteiger partial charge in [0.05, 0.1) is 35.4 Å². The van der Waals surface area contributed by atoms with Gasteiger partial charge >= 0.3 is 0 Å². The maximum atomic E-state index is 12.4. The molecule has 6 heteroatoms. The third kappa shape index (κ3) is 3.55. The minimum Gasteiger partial charge on any atom is -0.497 e. The fourth-order valence-corrected chi connectivity index (χ4v) is 3.11. The van der Waals surface area contributed by atoms with Crippen LogP contribution >= 0.6 is 0 Å². The number of fused-ring (bicyclic) bond motifs is 1. The van der Waals surface area contributed by atoms with Crippen LogP contribution in [0, 0.1) is 0 Å². The molecule has 3 N–H and O–H groups in total. The maximum Gasteiger partial charge on any atom is 0.255 e. The van der Waals surface area contributed by atoms with Crippen LogP contribution in [-0.2, 0) is 6.42 Å². The Bertz CT molecular complexity index is 973. The van der Waals surface area contributed by atoms with Crippen LogP contribution in [0.2, 0.25) is 0 Å². The van der Waals surface area contributed by atoms with Crippen molar-refractivity contribution in [2.75, 3.05) is 24.5 Å². The summed E-state index contributed by atoms with van der Waals surface area (Å²) in [5.41, 5.74) is 11.1. The molecule has 4 rings (SSSR count). The highest BCUT2D eigenvalue weighted by Crippen LogP contribution is 2.28. The second-order valence-electron chi connectivity index (χ2n) is 6.23. The largest absolute Gasteiger partial charge is 0.497 e. The van der Waals surface area contributed by atoms with E-state index in [4.69, 9.17) is 9.72 Å². The van der Waals surface area contributed by atoms with Gasteiger partial charge in [0.15, 0.2) is 0 Å². The Balaban J connectivity index is 1.70. The average Bonchev–Trinajstić information content (AvgIpc) is 2.72. The molecular formula is C21H20N4O2. The van der Waals surface area contributed by atoms with Gasteiger partial charge in [-0.3, -0.25) is 15.2 Å². The van der Waals surface area contributed by atoms with Crippen molar-refractivity contribution in [1.29, 1.82) is 0 Å². The molecule has 136 valence electrons. The van der Waals surface area contributed by atoms with E-state index in [0.29, 0.717) is 24.2 Å². The van der Waals surface area contributed by atoms with Crippen molar-refractivity contribution in [3.63, 3.8) is 0 Å². The summed E-state index contributed by atoms with van der Waals surface area (Å²) in [5.74, 6) is 0.638. The zero-order chi connectivity index (χ0) is 18.6. The predicted molar refractivity (Wildman–Crippen MR) is 106 cm³/mol. The summed E-state index contributed by atoms with van der Waals surface area (Å²) in [7, 11) is 1.63. The number of hydrogen-bond acceptors (Lipinski definition) is 5. The van der Waals surface area contributed by atoms with Gasteiger partial charge in [0.2, 0.25) is 0 Å². The van der Waals surface area contributed by atoms with E-state index in [2.05, 4.69) is 16.2 Å². The summed E-state index contributed by atoms with van der Waals surface area (Å²) in [6.07, 6.45) is 0.704. The standard InChI is InChI=1S/C21H20N4O2/c1-27-16-9-5-8-15(12-16)24-25-19-13-18(14-6-3-2-4-7-14)23-17-10-11-22-21(26)20(17)19/h2-9,12-13,24H,10-11H2,1H3,(H,22,26)(H,23,25). The van der Waals surface area contributed by atoms with Gasteiger partial charge in [-0.05, 0) is 18.2 Å². The summed E-state index contributed by atoms with van der Waals surface area (Å²) in [4.78, 5) is 17.2. The summed E-state index contributed by atoms with van der Waals surface area (Å²) < 4.78 is 5.25. The molecule has 0 unspecified atom stereocenters. The first-order chi connectivity index (χ1) is 13.2. The number of aromatic nitrogens is 1. The van der Waals surface area contributed by atoms with E-state index in [-0.39, 0.29) is 5.91 Å². The Morgan fingerprint density at radius 2 is 1.89 bits per heavy atom. The lowest BCUT2D eigenvalue weighted by Crippen LogP contribution is -2.34. The lowest BCUT2D eigenvalue weighted by atomic mass is 10.0. The van der Waals surface area contributed by atoms with E-state index in [1.165, 1.54) is 0 Å². The SMILES string of the molecule is COc1cccc(NNc2cc(-c3ccccc3)nc3c2C(=O)NCC3)c1. The van der Waals surface area contributed by atoms with Crippen LogP contribution in [0.5, 0.6) is 5.75 Å². The Morgan fingerprint density at radius 1 is 1.04 bits per heavy atom. The minimum atomic E-state index is -0.113. The van der Waals surface area contributed by atoms with Crippen LogP contribution in [-0.4, -0.2) is 24.5 Å². The maximum absolute atomic E-state index is 12.4. The first-order valence-corrected chi connectivity index (χ1v) is 8.78. The summed E-state index contributed by atoms with van der Waals surface area (Å²) in [6.45, 7) is 0.597. The Hall–Kier alpha value is -3.54. The van der Waals surface area contributed by atoms with Gasteiger partial charge in [-0.25, -0.2) is 0 Å². The summed E-state index contributed by atoms with van der Waals surface area (Å²) >= 11 is 0. The number of amides is 1. The molecule has 0 spiro atoms. The molecule has 1 aliphatic heterocycles. The van der Waals surface area contributed by atoms with E-state index >= 15 is 0 Å². The number of rotatable bonds is 5. The van der Waals surface area contributed by atoms with E-state index in [1.54, 1.807) is 7.11 Å². The van der Waals surface area contributed by atoms with Crippen molar-refractivity contribution in [1.82, 2.24) is 10.3 Å². The molecule has 0 radical (unpaired) electrons. The van der Waals surface area contributed by atoms with Gasteiger partial charge in [-0.2, -0.15) is 0 Å². The highest BCUT2D eigenvalue weighted by Gasteiger charge is 2.23. The number of nitrogens with zero attached hydrogens (tertiary/aromatic N) is 1. The van der Waals surface area contributed by atoms with Crippen molar-refractivity contribution in [2.24, 2.45) is 0 Å². The van der Waals surface area contributed by atoms with E-state index in [0.717, 1.165) is 28.4 Å². The number of methoxy groups -OCH3 is 1. The smallest absolute Gasteiger partial charge is 0.255 e. The highest BCUT2D eigenvalue weighted by molar-refractivity contribution is 6.02. The van der Waals surface area contributed by atoms with Gasteiger partial charge in [0.25, 0.3) is 5.91 Å². The van der Waals surface area contributed by atoms with Gasteiger partial charge < -0.3 is 15.5 Å². The first-order valence-electron chi connectivity index (χ1n) is 8.78.